The van der Waals surface area contributed by atoms with Gasteiger partial charge in [0.05, 0.1) is 23.8 Å². The number of carbonyl (C=O) groups excluding carboxylic acids is 1. The van der Waals surface area contributed by atoms with Crippen LogP contribution in [0.5, 0.6) is 5.75 Å². The first kappa shape index (κ1) is 16.4. The molecule has 0 unspecified atom stereocenters. The van der Waals surface area contributed by atoms with Gasteiger partial charge in [0.15, 0.2) is 0 Å². The van der Waals surface area contributed by atoms with Crippen molar-refractivity contribution >= 4 is 29.3 Å². The molecule has 0 spiro atoms. The summed E-state index contributed by atoms with van der Waals surface area (Å²) in [6.07, 6.45) is 0.885. The molecule has 0 bridgehead atoms. The summed E-state index contributed by atoms with van der Waals surface area (Å²) in [6, 6.07) is 5.55. The summed E-state index contributed by atoms with van der Waals surface area (Å²) in [4.78, 5) is 22.1. The molecule has 0 radical (unpaired) electrons. The lowest BCUT2D eigenvalue weighted by molar-refractivity contribution is -0.133. The summed E-state index contributed by atoms with van der Waals surface area (Å²) in [6.45, 7) is 4.55. The van der Waals surface area contributed by atoms with E-state index in [-0.39, 0.29) is 17.4 Å². The Bertz CT molecular complexity index is 476. The van der Waals surface area contributed by atoms with E-state index in [9.17, 15) is 9.59 Å². The molecule has 110 valence electrons. The zero-order valence-corrected chi connectivity index (χ0v) is 12.5. The first-order valence-corrected chi connectivity index (χ1v) is 7.51. The number of anilines is 1. The normalized spacial score (nSPS) is 10.1. The maximum absolute atomic E-state index is 11.7. The highest BCUT2D eigenvalue weighted by molar-refractivity contribution is 8.00. The second-order valence-electron chi connectivity index (χ2n) is 4.28. The Kier molecular flexibility index (Phi) is 6.93. The van der Waals surface area contributed by atoms with Gasteiger partial charge in [-0.3, -0.25) is 9.59 Å². The molecule has 0 aliphatic heterocycles. The Balaban J connectivity index is 2.61. The fraction of sp³-hybridized carbons (Fsp3) is 0.429. The maximum Gasteiger partial charge on any atom is 0.313 e. The van der Waals surface area contributed by atoms with Gasteiger partial charge >= 0.3 is 5.97 Å². The zero-order valence-electron chi connectivity index (χ0n) is 11.6. The largest absolute Gasteiger partial charge is 0.491 e. The summed E-state index contributed by atoms with van der Waals surface area (Å²) in [5.74, 6) is -0.497. The SMILES string of the molecule is CCCOc1cc(C)ccc1NC(=O)CSCC(=O)O. The molecule has 0 aliphatic rings. The predicted octanol–water partition coefficient (Wildman–Crippen LogP) is 2.54. The number of hydrogen-bond acceptors (Lipinski definition) is 4. The predicted molar refractivity (Wildman–Crippen MR) is 80.6 cm³/mol. The fourth-order valence-corrected chi connectivity index (χ4v) is 2.02. The Morgan fingerprint density at radius 2 is 2.10 bits per heavy atom. The van der Waals surface area contributed by atoms with Gasteiger partial charge in [0.2, 0.25) is 5.91 Å². The van der Waals surface area contributed by atoms with Crippen LogP contribution < -0.4 is 10.1 Å². The van der Waals surface area contributed by atoms with Crippen molar-refractivity contribution in [2.24, 2.45) is 0 Å². The number of hydrogen-bond donors (Lipinski definition) is 2. The lowest BCUT2D eigenvalue weighted by Gasteiger charge is -2.12. The van der Waals surface area contributed by atoms with E-state index in [1.165, 1.54) is 0 Å². The van der Waals surface area contributed by atoms with Crippen molar-refractivity contribution in [1.82, 2.24) is 0 Å². The van der Waals surface area contributed by atoms with Gasteiger partial charge in [0.1, 0.15) is 5.75 Å². The molecular formula is C14H19NO4S. The van der Waals surface area contributed by atoms with Crippen molar-refractivity contribution in [3.8, 4) is 5.75 Å². The number of amides is 1. The van der Waals surface area contributed by atoms with E-state index >= 15 is 0 Å². The molecule has 0 aromatic heterocycles. The van der Waals surface area contributed by atoms with Crippen molar-refractivity contribution in [3.63, 3.8) is 0 Å². The average Bonchev–Trinajstić information content (AvgIpc) is 2.38. The van der Waals surface area contributed by atoms with E-state index < -0.39 is 5.97 Å². The van der Waals surface area contributed by atoms with Crippen LogP contribution in [0.4, 0.5) is 5.69 Å². The van der Waals surface area contributed by atoms with Gasteiger partial charge in [-0.15, -0.1) is 11.8 Å². The molecule has 0 saturated heterocycles. The lowest BCUT2D eigenvalue weighted by Crippen LogP contribution is -2.16. The van der Waals surface area contributed by atoms with Gasteiger partial charge in [-0.1, -0.05) is 13.0 Å². The van der Waals surface area contributed by atoms with Crippen molar-refractivity contribution in [2.45, 2.75) is 20.3 Å². The summed E-state index contributed by atoms with van der Waals surface area (Å²) in [7, 11) is 0. The van der Waals surface area contributed by atoms with Gasteiger partial charge < -0.3 is 15.2 Å². The number of carboxylic acids is 1. The van der Waals surface area contributed by atoms with Crippen molar-refractivity contribution < 1.29 is 19.4 Å². The summed E-state index contributed by atoms with van der Waals surface area (Å²) in [5.41, 5.74) is 1.67. The smallest absolute Gasteiger partial charge is 0.313 e. The molecule has 1 aromatic carbocycles. The first-order valence-electron chi connectivity index (χ1n) is 6.35. The van der Waals surface area contributed by atoms with E-state index in [0.29, 0.717) is 18.0 Å². The second-order valence-corrected chi connectivity index (χ2v) is 5.27. The minimum Gasteiger partial charge on any atom is -0.491 e. The van der Waals surface area contributed by atoms with Crippen LogP contribution in [-0.4, -0.2) is 35.1 Å². The highest BCUT2D eigenvalue weighted by Gasteiger charge is 2.09. The molecule has 0 atom stereocenters. The Morgan fingerprint density at radius 1 is 1.35 bits per heavy atom. The number of thioether (sulfide) groups is 1. The van der Waals surface area contributed by atoms with E-state index in [1.807, 2.05) is 26.0 Å². The zero-order chi connectivity index (χ0) is 15.0. The Labute approximate surface area is 122 Å². The van der Waals surface area contributed by atoms with Crippen LogP contribution in [0.15, 0.2) is 18.2 Å². The van der Waals surface area contributed by atoms with E-state index in [4.69, 9.17) is 9.84 Å². The van der Waals surface area contributed by atoms with Crippen molar-refractivity contribution in [2.75, 3.05) is 23.4 Å². The standard InChI is InChI=1S/C14H19NO4S/c1-3-6-19-12-7-10(2)4-5-11(12)15-13(16)8-20-9-14(17)18/h4-5,7H,3,6,8-9H2,1-2H3,(H,15,16)(H,17,18). The lowest BCUT2D eigenvalue weighted by atomic mass is 10.2. The van der Waals surface area contributed by atoms with E-state index in [0.717, 1.165) is 23.7 Å². The third-order valence-corrected chi connectivity index (χ3v) is 3.25. The average molecular weight is 297 g/mol. The molecule has 0 saturated carbocycles. The number of ether oxygens (including phenoxy) is 1. The van der Waals surface area contributed by atoms with Gasteiger partial charge in [0, 0.05) is 0 Å². The number of aryl methyl sites for hydroxylation is 1. The quantitative estimate of drug-likeness (QED) is 0.771. The minimum atomic E-state index is -0.926. The van der Waals surface area contributed by atoms with Gasteiger partial charge in [0.25, 0.3) is 0 Å². The molecule has 0 fully saturated rings. The first-order chi connectivity index (χ1) is 9.52. The van der Waals surface area contributed by atoms with Gasteiger partial charge in [-0.2, -0.15) is 0 Å². The molecule has 0 aliphatic carbocycles. The van der Waals surface area contributed by atoms with Crippen molar-refractivity contribution in [3.05, 3.63) is 23.8 Å². The molecule has 5 nitrogen and oxygen atoms in total. The molecule has 1 amide bonds. The molecule has 1 rings (SSSR count). The Morgan fingerprint density at radius 3 is 2.75 bits per heavy atom. The Hall–Kier alpha value is -1.69. The van der Waals surface area contributed by atoms with Crippen LogP contribution in [0.3, 0.4) is 0 Å². The number of carboxylic acid groups (broad SMARTS) is 1. The summed E-state index contributed by atoms with van der Waals surface area (Å²) >= 11 is 1.06. The monoisotopic (exact) mass is 297 g/mol. The third kappa shape index (κ3) is 5.97. The van der Waals surface area contributed by atoms with Crippen LogP contribution in [-0.2, 0) is 9.59 Å². The third-order valence-electron chi connectivity index (χ3n) is 2.33. The molecular weight excluding hydrogens is 278 g/mol. The van der Waals surface area contributed by atoms with Crippen LogP contribution >= 0.6 is 11.8 Å². The van der Waals surface area contributed by atoms with Crippen LogP contribution in [0.25, 0.3) is 0 Å². The van der Waals surface area contributed by atoms with Crippen LogP contribution in [0.2, 0.25) is 0 Å². The summed E-state index contributed by atoms with van der Waals surface area (Å²) in [5, 5.41) is 11.3. The second kappa shape index (κ2) is 8.47. The highest BCUT2D eigenvalue weighted by atomic mass is 32.2. The molecule has 1 aromatic rings. The highest BCUT2D eigenvalue weighted by Crippen LogP contribution is 2.26. The van der Waals surface area contributed by atoms with Crippen LogP contribution in [0, 0.1) is 6.92 Å². The van der Waals surface area contributed by atoms with Crippen molar-refractivity contribution in [1.29, 1.82) is 0 Å². The van der Waals surface area contributed by atoms with E-state index in [2.05, 4.69) is 5.32 Å². The number of carbonyl (C=O) groups is 2. The molecule has 6 heteroatoms. The minimum absolute atomic E-state index is 0.0828. The fourth-order valence-electron chi connectivity index (χ4n) is 1.48. The number of benzene rings is 1. The van der Waals surface area contributed by atoms with Gasteiger partial charge in [-0.05, 0) is 31.0 Å². The summed E-state index contributed by atoms with van der Waals surface area (Å²) < 4.78 is 5.60. The topological polar surface area (TPSA) is 75.6 Å². The maximum atomic E-state index is 11.7. The molecule has 20 heavy (non-hydrogen) atoms. The van der Waals surface area contributed by atoms with Crippen LogP contribution in [0.1, 0.15) is 18.9 Å². The van der Waals surface area contributed by atoms with E-state index in [1.54, 1.807) is 6.07 Å². The number of rotatable bonds is 8. The number of nitrogens with one attached hydrogen (secondary N) is 1. The van der Waals surface area contributed by atoms with Gasteiger partial charge in [-0.25, -0.2) is 0 Å². The number of aliphatic carboxylic acids is 1. The molecule has 0 heterocycles. The molecule has 2 N–H and O–H groups in total.